The Bertz CT molecular complexity index is 954. The van der Waals surface area contributed by atoms with Crippen LogP contribution in [0.1, 0.15) is 20.3 Å². The highest BCUT2D eigenvalue weighted by Crippen LogP contribution is 2.31. The van der Waals surface area contributed by atoms with Gasteiger partial charge in [0.15, 0.2) is 0 Å². The quantitative estimate of drug-likeness (QED) is 0.223. The molecule has 150 valence electrons. The third-order valence-electron chi connectivity index (χ3n) is 4.68. The molecule has 2 aromatic carbocycles. The highest BCUT2D eigenvalue weighted by molar-refractivity contribution is 5.87. The van der Waals surface area contributed by atoms with E-state index in [-0.39, 0.29) is 11.7 Å². The molecule has 1 fully saturated rings. The van der Waals surface area contributed by atoms with Crippen LogP contribution in [0.4, 0.5) is 22.7 Å². The van der Waals surface area contributed by atoms with Gasteiger partial charge >= 0.3 is 5.97 Å². The molecule has 0 unspecified atom stereocenters. The number of hydrogen-bond donors (Lipinski definition) is 0. The smallest absolute Gasteiger partial charge is 0.333 e. The number of esters is 1. The molecule has 1 atom stereocenters. The average molecular weight is 394 g/mol. The molecule has 1 heterocycles. The Labute approximate surface area is 168 Å². The predicted molar refractivity (Wildman–Crippen MR) is 110 cm³/mol. The van der Waals surface area contributed by atoms with E-state index in [1.807, 2.05) is 31.2 Å². The number of nitro groups is 1. The van der Waals surface area contributed by atoms with Gasteiger partial charge in [-0.05, 0) is 50.2 Å². The van der Waals surface area contributed by atoms with E-state index in [0.717, 1.165) is 18.7 Å². The van der Waals surface area contributed by atoms with Crippen molar-refractivity contribution in [3.05, 3.63) is 70.8 Å². The minimum absolute atomic E-state index is 0.0137. The second kappa shape index (κ2) is 8.22. The molecule has 0 aromatic heterocycles. The van der Waals surface area contributed by atoms with Gasteiger partial charge in [-0.15, -0.1) is 0 Å². The molecule has 0 radical (unpaired) electrons. The molecule has 8 nitrogen and oxygen atoms in total. The molecule has 0 amide bonds. The van der Waals surface area contributed by atoms with Crippen molar-refractivity contribution in [3.8, 4) is 0 Å². The molecule has 3 rings (SSSR count). The maximum Gasteiger partial charge on any atom is 0.333 e. The van der Waals surface area contributed by atoms with Gasteiger partial charge in [-0.1, -0.05) is 6.58 Å². The van der Waals surface area contributed by atoms with Crippen LogP contribution in [0.3, 0.4) is 0 Å². The van der Waals surface area contributed by atoms with Gasteiger partial charge in [0.1, 0.15) is 5.60 Å². The van der Waals surface area contributed by atoms with E-state index in [0.29, 0.717) is 23.5 Å². The summed E-state index contributed by atoms with van der Waals surface area (Å²) in [6, 6.07) is 13.5. The van der Waals surface area contributed by atoms with Crippen molar-refractivity contribution >= 4 is 28.7 Å². The van der Waals surface area contributed by atoms with Crippen molar-refractivity contribution in [2.45, 2.75) is 25.9 Å². The summed E-state index contributed by atoms with van der Waals surface area (Å²) in [5, 5.41) is 18.9. The largest absolute Gasteiger partial charge is 0.454 e. The summed E-state index contributed by atoms with van der Waals surface area (Å²) in [4.78, 5) is 24.2. The lowest BCUT2D eigenvalue weighted by molar-refractivity contribution is -0.384. The van der Waals surface area contributed by atoms with Crippen molar-refractivity contribution in [3.63, 3.8) is 0 Å². The van der Waals surface area contributed by atoms with Crippen LogP contribution in [0.15, 0.2) is 70.9 Å². The normalized spacial score (nSPS) is 18.8. The van der Waals surface area contributed by atoms with E-state index in [1.165, 1.54) is 12.1 Å². The topological polar surface area (TPSA) is 97.4 Å². The third-order valence-corrected chi connectivity index (χ3v) is 4.68. The summed E-state index contributed by atoms with van der Waals surface area (Å²) in [7, 11) is 0. The Morgan fingerprint density at radius 2 is 1.69 bits per heavy atom. The molecule has 1 aliphatic rings. The van der Waals surface area contributed by atoms with Gasteiger partial charge in [-0.2, -0.15) is 10.2 Å². The van der Waals surface area contributed by atoms with E-state index in [9.17, 15) is 14.9 Å². The van der Waals surface area contributed by atoms with Crippen LogP contribution in [0, 0.1) is 10.1 Å². The fraction of sp³-hybridized carbons (Fsp3) is 0.286. The summed E-state index contributed by atoms with van der Waals surface area (Å²) in [5.74, 6) is -0.364. The van der Waals surface area contributed by atoms with Crippen LogP contribution in [-0.4, -0.2) is 29.6 Å². The molecular weight excluding hydrogens is 372 g/mol. The van der Waals surface area contributed by atoms with Crippen LogP contribution >= 0.6 is 0 Å². The summed E-state index contributed by atoms with van der Waals surface area (Å²) in [6.07, 6.45) is 0.744. The molecule has 0 N–H and O–H groups in total. The summed E-state index contributed by atoms with van der Waals surface area (Å²) < 4.78 is 5.59. The number of carbonyl (C=O) groups is 1. The summed E-state index contributed by atoms with van der Waals surface area (Å²) in [5.41, 5.74) is 2.09. The van der Waals surface area contributed by atoms with Gasteiger partial charge in [0.05, 0.1) is 22.8 Å². The maximum absolute atomic E-state index is 11.8. The van der Waals surface area contributed by atoms with Crippen LogP contribution in [-0.2, 0) is 9.53 Å². The molecule has 0 bridgehead atoms. The molecule has 8 heteroatoms. The molecule has 1 aliphatic heterocycles. The zero-order valence-electron chi connectivity index (χ0n) is 16.4. The highest BCUT2D eigenvalue weighted by Gasteiger charge is 2.37. The first-order valence-corrected chi connectivity index (χ1v) is 9.16. The minimum atomic E-state index is -0.537. The van der Waals surface area contributed by atoms with E-state index in [2.05, 4.69) is 21.7 Å². The standard InChI is InChI=1S/C21H22N4O4/c1-15(2)20(26)29-21(3)12-13-24(14-21)18-8-4-16(5-9-18)22-23-17-6-10-19(11-7-17)25(27)28/h4-11H,1,12-14H2,2-3H3/t21-/m0/s1. The highest BCUT2D eigenvalue weighted by atomic mass is 16.6. The fourth-order valence-electron chi connectivity index (χ4n) is 3.03. The van der Waals surface area contributed by atoms with E-state index < -0.39 is 10.5 Å². The molecule has 0 saturated carbocycles. The Balaban J connectivity index is 1.62. The van der Waals surface area contributed by atoms with Gasteiger partial charge in [-0.25, -0.2) is 4.79 Å². The Kier molecular flexibility index (Phi) is 5.72. The Morgan fingerprint density at radius 3 is 2.21 bits per heavy atom. The number of non-ortho nitro benzene ring substituents is 1. The molecule has 0 spiro atoms. The lowest BCUT2D eigenvalue weighted by Crippen LogP contribution is -2.35. The number of azo groups is 1. The predicted octanol–water partition coefficient (Wildman–Crippen LogP) is 5.10. The van der Waals surface area contributed by atoms with Crippen molar-refractivity contribution in [2.75, 3.05) is 18.0 Å². The monoisotopic (exact) mass is 394 g/mol. The van der Waals surface area contributed by atoms with Crippen LogP contribution in [0.2, 0.25) is 0 Å². The van der Waals surface area contributed by atoms with E-state index >= 15 is 0 Å². The number of nitro benzene ring substituents is 1. The molecular formula is C21H22N4O4. The number of nitrogens with zero attached hydrogens (tertiary/aromatic N) is 4. The van der Waals surface area contributed by atoms with Crippen LogP contribution in [0.25, 0.3) is 0 Å². The molecule has 0 aliphatic carbocycles. The van der Waals surface area contributed by atoms with E-state index in [1.54, 1.807) is 19.1 Å². The minimum Gasteiger partial charge on any atom is -0.454 e. The van der Waals surface area contributed by atoms with Crippen molar-refractivity contribution in [1.29, 1.82) is 0 Å². The SMILES string of the molecule is C=C(C)C(=O)O[C@@]1(C)CCN(c2ccc(N=Nc3ccc([N+](=O)[O-])cc3)cc2)C1. The lowest BCUT2D eigenvalue weighted by Gasteiger charge is -2.26. The van der Waals surface area contributed by atoms with Crippen molar-refractivity contribution in [2.24, 2.45) is 10.2 Å². The lowest BCUT2D eigenvalue weighted by atomic mass is 10.1. The molecule has 2 aromatic rings. The van der Waals surface area contributed by atoms with Gasteiger partial charge in [0.2, 0.25) is 0 Å². The van der Waals surface area contributed by atoms with Crippen LogP contribution in [0.5, 0.6) is 0 Å². The molecule has 1 saturated heterocycles. The average Bonchev–Trinajstić information content (AvgIpc) is 3.08. The number of benzene rings is 2. The zero-order chi connectivity index (χ0) is 21.0. The first kappa shape index (κ1) is 20.2. The number of ether oxygens (including phenoxy) is 1. The number of carbonyl (C=O) groups excluding carboxylic acids is 1. The fourth-order valence-corrected chi connectivity index (χ4v) is 3.03. The number of anilines is 1. The number of rotatable bonds is 6. The van der Waals surface area contributed by atoms with Crippen molar-refractivity contribution < 1.29 is 14.5 Å². The third kappa shape index (κ3) is 5.04. The first-order valence-electron chi connectivity index (χ1n) is 9.16. The summed E-state index contributed by atoms with van der Waals surface area (Å²) in [6.45, 7) is 8.59. The maximum atomic E-state index is 11.8. The summed E-state index contributed by atoms with van der Waals surface area (Å²) >= 11 is 0. The second-order valence-electron chi connectivity index (χ2n) is 7.28. The van der Waals surface area contributed by atoms with Crippen LogP contribution < -0.4 is 4.90 Å². The van der Waals surface area contributed by atoms with Gasteiger partial charge in [0.25, 0.3) is 5.69 Å². The molecule has 29 heavy (non-hydrogen) atoms. The van der Waals surface area contributed by atoms with E-state index in [4.69, 9.17) is 4.74 Å². The van der Waals surface area contributed by atoms with Crippen molar-refractivity contribution in [1.82, 2.24) is 0 Å². The van der Waals surface area contributed by atoms with Gasteiger partial charge in [0, 0.05) is 36.4 Å². The van der Waals surface area contributed by atoms with Gasteiger partial charge in [-0.3, -0.25) is 10.1 Å². The first-order chi connectivity index (χ1) is 13.8. The zero-order valence-corrected chi connectivity index (χ0v) is 16.4. The number of hydrogen-bond acceptors (Lipinski definition) is 7. The Hall–Kier alpha value is -3.55. The second-order valence-corrected chi connectivity index (χ2v) is 7.28. The van der Waals surface area contributed by atoms with Gasteiger partial charge < -0.3 is 9.64 Å². The Morgan fingerprint density at radius 1 is 1.14 bits per heavy atom.